The minimum atomic E-state index is -0.438. The van der Waals surface area contributed by atoms with Crippen molar-refractivity contribution in [2.24, 2.45) is 0 Å². The number of nitrogens with one attached hydrogen (secondary N) is 2. The van der Waals surface area contributed by atoms with Gasteiger partial charge in [-0.1, -0.05) is 6.07 Å². The van der Waals surface area contributed by atoms with E-state index in [1.54, 1.807) is 24.3 Å². The maximum atomic E-state index is 14.0. The summed E-state index contributed by atoms with van der Waals surface area (Å²) in [4.78, 5) is 7.76. The van der Waals surface area contributed by atoms with E-state index in [2.05, 4.69) is 25.5 Å². The van der Waals surface area contributed by atoms with Crippen LogP contribution in [0.5, 0.6) is 0 Å². The molecule has 1 aromatic carbocycles. The first-order chi connectivity index (χ1) is 10.7. The lowest BCUT2D eigenvalue weighted by atomic mass is 10.1. The van der Waals surface area contributed by atoms with Gasteiger partial charge in [-0.3, -0.25) is 5.10 Å². The summed E-state index contributed by atoms with van der Waals surface area (Å²) >= 11 is 5.70. The number of anilines is 2. The molecule has 0 atom stereocenters. The molecule has 3 N–H and O–H groups in total. The number of hydrogen-bond acceptors (Lipinski definition) is 5. The molecule has 0 fully saturated rings. The summed E-state index contributed by atoms with van der Waals surface area (Å²) in [6.45, 7) is -0.207. The number of H-pyrrole nitrogens is 1. The second kappa shape index (κ2) is 6.08. The summed E-state index contributed by atoms with van der Waals surface area (Å²) < 4.78 is 14.0. The largest absolute Gasteiger partial charge is 0.392 e. The molecule has 0 radical (unpaired) electrons. The molecule has 0 aliphatic heterocycles. The summed E-state index contributed by atoms with van der Waals surface area (Å²) in [5.74, 6) is 0.511. The minimum Gasteiger partial charge on any atom is -0.392 e. The zero-order valence-corrected chi connectivity index (χ0v) is 12.0. The SMILES string of the molecule is OCc1ccc(-c2cc(Nc3ccnc(Cl)n3)n[nH]2)c(F)c1. The van der Waals surface area contributed by atoms with Crippen molar-refractivity contribution in [3.8, 4) is 11.3 Å². The second-order valence-corrected chi connectivity index (χ2v) is 4.81. The molecule has 2 heterocycles. The molecule has 0 spiro atoms. The van der Waals surface area contributed by atoms with Gasteiger partial charge < -0.3 is 10.4 Å². The fourth-order valence-corrected chi connectivity index (χ4v) is 2.08. The van der Waals surface area contributed by atoms with Crippen LogP contribution in [0.2, 0.25) is 5.28 Å². The molecule has 112 valence electrons. The highest BCUT2D eigenvalue weighted by atomic mass is 35.5. The van der Waals surface area contributed by atoms with Crippen molar-refractivity contribution in [1.29, 1.82) is 0 Å². The Labute approximate surface area is 130 Å². The van der Waals surface area contributed by atoms with Gasteiger partial charge in [-0.05, 0) is 35.4 Å². The molecule has 0 bridgehead atoms. The molecule has 6 nitrogen and oxygen atoms in total. The normalized spacial score (nSPS) is 10.7. The Balaban J connectivity index is 1.84. The van der Waals surface area contributed by atoms with Gasteiger partial charge >= 0.3 is 0 Å². The molecule has 8 heteroatoms. The Kier molecular flexibility index (Phi) is 3.99. The van der Waals surface area contributed by atoms with Gasteiger partial charge in [-0.2, -0.15) is 5.10 Å². The van der Waals surface area contributed by atoms with Crippen LogP contribution < -0.4 is 5.32 Å². The van der Waals surface area contributed by atoms with Crippen molar-refractivity contribution >= 4 is 23.2 Å². The maximum Gasteiger partial charge on any atom is 0.224 e. The molecular weight excluding hydrogens is 309 g/mol. The number of aromatic amines is 1. The van der Waals surface area contributed by atoms with Crippen molar-refractivity contribution in [2.45, 2.75) is 6.61 Å². The number of benzene rings is 1. The molecule has 0 aliphatic carbocycles. The lowest BCUT2D eigenvalue weighted by molar-refractivity contribution is 0.281. The predicted molar refractivity (Wildman–Crippen MR) is 80.2 cm³/mol. The monoisotopic (exact) mass is 319 g/mol. The van der Waals surface area contributed by atoms with E-state index >= 15 is 0 Å². The molecule has 22 heavy (non-hydrogen) atoms. The number of aromatic nitrogens is 4. The quantitative estimate of drug-likeness (QED) is 0.644. The van der Waals surface area contributed by atoms with E-state index in [1.165, 1.54) is 12.3 Å². The fraction of sp³-hybridized carbons (Fsp3) is 0.0714. The van der Waals surface area contributed by atoms with E-state index in [4.69, 9.17) is 16.7 Å². The van der Waals surface area contributed by atoms with Crippen LogP contribution in [0.1, 0.15) is 5.56 Å². The molecular formula is C14H11ClFN5O. The van der Waals surface area contributed by atoms with E-state index in [0.29, 0.717) is 28.5 Å². The Morgan fingerprint density at radius 3 is 2.82 bits per heavy atom. The van der Waals surface area contributed by atoms with Crippen LogP contribution in [-0.2, 0) is 6.61 Å². The first kappa shape index (κ1) is 14.4. The number of hydrogen-bond donors (Lipinski definition) is 3. The average molecular weight is 320 g/mol. The van der Waals surface area contributed by atoms with Crippen LogP contribution in [0.25, 0.3) is 11.3 Å². The standard InChI is InChI=1S/C14H11ClFN5O/c15-14-17-4-3-12(19-14)18-13-6-11(20-21-13)9-2-1-8(7-22)5-10(9)16/h1-6,22H,7H2,(H2,17,18,19,20,21). The van der Waals surface area contributed by atoms with Gasteiger partial charge in [0.15, 0.2) is 5.82 Å². The Bertz CT molecular complexity index is 807. The Morgan fingerprint density at radius 1 is 1.23 bits per heavy atom. The zero-order valence-electron chi connectivity index (χ0n) is 11.2. The van der Waals surface area contributed by atoms with Crippen molar-refractivity contribution < 1.29 is 9.50 Å². The van der Waals surface area contributed by atoms with Gasteiger partial charge in [0, 0.05) is 17.8 Å². The Hall–Kier alpha value is -2.51. The number of aliphatic hydroxyl groups is 1. The lowest BCUT2D eigenvalue weighted by Crippen LogP contribution is -1.94. The van der Waals surface area contributed by atoms with Crippen LogP contribution in [0, 0.1) is 5.82 Å². The molecule has 0 unspecified atom stereocenters. The molecule has 0 aliphatic rings. The minimum absolute atomic E-state index is 0.117. The highest BCUT2D eigenvalue weighted by Gasteiger charge is 2.10. The summed E-state index contributed by atoms with van der Waals surface area (Å²) in [5.41, 5.74) is 1.37. The smallest absolute Gasteiger partial charge is 0.224 e. The van der Waals surface area contributed by atoms with Gasteiger partial charge in [-0.15, -0.1) is 0 Å². The van der Waals surface area contributed by atoms with Crippen LogP contribution in [0.15, 0.2) is 36.5 Å². The average Bonchev–Trinajstić information content (AvgIpc) is 2.95. The number of nitrogens with zero attached hydrogens (tertiary/aromatic N) is 3. The highest BCUT2D eigenvalue weighted by Crippen LogP contribution is 2.25. The summed E-state index contributed by atoms with van der Waals surface area (Å²) in [7, 11) is 0. The molecule has 3 rings (SSSR count). The first-order valence-electron chi connectivity index (χ1n) is 6.36. The summed E-state index contributed by atoms with van der Waals surface area (Å²) in [6.07, 6.45) is 1.51. The van der Waals surface area contributed by atoms with Gasteiger partial charge in [0.2, 0.25) is 5.28 Å². The van der Waals surface area contributed by atoms with Crippen LogP contribution in [-0.4, -0.2) is 25.3 Å². The number of halogens is 2. The number of aliphatic hydroxyl groups excluding tert-OH is 1. The summed E-state index contributed by atoms with van der Waals surface area (Å²) in [6, 6.07) is 7.80. The molecule has 0 amide bonds. The van der Waals surface area contributed by atoms with Crippen LogP contribution in [0.4, 0.5) is 16.0 Å². The van der Waals surface area contributed by atoms with E-state index in [1.807, 2.05) is 0 Å². The lowest BCUT2D eigenvalue weighted by Gasteiger charge is -2.02. The van der Waals surface area contributed by atoms with Crippen molar-refractivity contribution in [3.05, 3.63) is 53.2 Å². The summed E-state index contributed by atoms with van der Waals surface area (Å²) in [5, 5.41) is 18.8. The van der Waals surface area contributed by atoms with E-state index < -0.39 is 5.82 Å². The van der Waals surface area contributed by atoms with Crippen molar-refractivity contribution in [3.63, 3.8) is 0 Å². The van der Waals surface area contributed by atoms with Crippen LogP contribution in [0.3, 0.4) is 0 Å². The second-order valence-electron chi connectivity index (χ2n) is 4.48. The fourth-order valence-electron chi connectivity index (χ4n) is 1.93. The molecule has 3 aromatic rings. The highest BCUT2D eigenvalue weighted by molar-refractivity contribution is 6.28. The third kappa shape index (κ3) is 3.05. The van der Waals surface area contributed by atoms with Gasteiger partial charge in [0.1, 0.15) is 11.6 Å². The molecule has 0 saturated carbocycles. The van der Waals surface area contributed by atoms with Gasteiger partial charge in [-0.25, -0.2) is 14.4 Å². The van der Waals surface area contributed by atoms with E-state index in [-0.39, 0.29) is 11.9 Å². The third-order valence-electron chi connectivity index (χ3n) is 2.97. The number of rotatable bonds is 4. The molecule has 2 aromatic heterocycles. The van der Waals surface area contributed by atoms with E-state index in [0.717, 1.165) is 0 Å². The third-order valence-corrected chi connectivity index (χ3v) is 3.15. The van der Waals surface area contributed by atoms with Crippen molar-refractivity contribution in [1.82, 2.24) is 20.2 Å². The van der Waals surface area contributed by atoms with Gasteiger partial charge in [0.05, 0.1) is 12.3 Å². The van der Waals surface area contributed by atoms with Crippen molar-refractivity contribution in [2.75, 3.05) is 5.32 Å². The molecule has 0 saturated heterocycles. The first-order valence-corrected chi connectivity index (χ1v) is 6.74. The Morgan fingerprint density at radius 2 is 2.09 bits per heavy atom. The van der Waals surface area contributed by atoms with Gasteiger partial charge in [0.25, 0.3) is 0 Å². The predicted octanol–water partition coefficient (Wildman–Crippen LogP) is 2.90. The zero-order chi connectivity index (χ0) is 15.5. The topological polar surface area (TPSA) is 86.7 Å². The van der Waals surface area contributed by atoms with Crippen LogP contribution >= 0.6 is 11.6 Å². The maximum absolute atomic E-state index is 14.0. The van der Waals surface area contributed by atoms with E-state index in [9.17, 15) is 4.39 Å².